The van der Waals surface area contributed by atoms with E-state index in [-0.39, 0.29) is 5.91 Å². The minimum absolute atomic E-state index is 0.124. The largest absolute Gasteiger partial charge is 0.489 e. The second-order valence-corrected chi connectivity index (χ2v) is 7.74. The number of ether oxygens (including phenoxy) is 1. The molecule has 1 saturated heterocycles. The van der Waals surface area contributed by atoms with Crippen LogP contribution in [0.4, 0.5) is 11.4 Å². The van der Waals surface area contributed by atoms with Crippen molar-refractivity contribution < 1.29 is 9.53 Å². The molecule has 0 aliphatic carbocycles. The molecule has 1 aliphatic heterocycles. The molecule has 0 bridgehead atoms. The van der Waals surface area contributed by atoms with Crippen LogP contribution in [0.2, 0.25) is 0 Å². The topological polar surface area (TPSA) is 32.8 Å². The van der Waals surface area contributed by atoms with Crippen molar-refractivity contribution in [3.05, 3.63) is 71.7 Å². The second-order valence-electron chi connectivity index (χ2n) is 6.07. The fourth-order valence-corrected chi connectivity index (χ4v) is 3.90. The van der Waals surface area contributed by atoms with Crippen molar-refractivity contribution >= 4 is 51.7 Å². The first kappa shape index (κ1) is 19.2. The van der Waals surface area contributed by atoms with Crippen LogP contribution in [-0.2, 0) is 4.79 Å². The zero-order chi connectivity index (χ0) is 19.4. The first-order valence-corrected chi connectivity index (χ1v) is 9.62. The zero-order valence-corrected chi connectivity index (χ0v) is 16.8. The summed E-state index contributed by atoms with van der Waals surface area (Å²) in [7, 11) is 3.95. The van der Waals surface area contributed by atoms with Crippen LogP contribution in [-0.4, -0.2) is 30.9 Å². The van der Waals surface area contributed by atoms with Crippen LogP contribution in [0.5, 0.6) is 5.75 Å². The number of carbonyl (C=O) groups excluding carboxylic acids is 1. The molecule has 2 aromatic carbocycles. The molecule has 0 radical (unpaired) electrons. The Labute approximate surface area is 169 Å². The van der Waals surface area contributed by atoms with Gasteiger partial charge in [-0.15, -0.1) is 0 Å². The molecule has 2 aromatic rings. The third kappa shape index (κ3) is 4.23. The molecule has 0 unspecified atom stereocenters. The molecule has 0 spiro atoms. The van der Waals surface area contributed by atoms with Crippen LogP contribution in [0.15, 0.2) is 66.1 Å². The van der Waals surface area contributed by atoms with Gasteiger partial charge >= 0.3 is 0 Å². The first-order valence-electron chi connectivity index (χ1n) is 8.39. The average Bonchev–Trinajstić information content (AvgIpc) is 2.94. The number of rotatable bonds is 6. The van der Waals surface area contributed by atoms with Crippen LogP contribution in [0, 0.1) is 0 Å². The van der Waals surface area contributed by atoms with E-state index in [1.54, 1.807) is 11.0 Å². The third-order valence-electron chi connectivity index (χ3n) is 3.98. The van der Waals surface area contributed by atoms with E-state index in [4.69, 9.17) is 17.0 Å². The lowest BCUT2D eigenvalue weighted by molar-refractivity contribution is -0.113. The highest BCUT2D eigenvalue weighted by Crippen LogP contribution is 2.37. The Bertz CT molecular complexity index is 905. The first-order chi connectivity index (χ1) is 13.0. The molecule has 0 atom stereocenters. The monoisotopic (exact) mass is 396 g/mol. The number of hydrogen-bond donors (Lipinski definition) is 0. The SMILES string of the molecule is C=CCOc1ccccc1/C=C1\SC(=S)N(c2ccc(N(C)C)cc2)C1=O. The highest BCUT2D eigenvalue weighted by Gasteiger charge is 2.33. The van der Waals surface area contributed by atoms with Gasteiger partial charge in [-0.1, -0.05) is 54.8 Å². The predicted molar refractivity (Wildman–Crippen MR) is 119 cm³/mol. The molecule has 1 aliphatic rings. The molecule has 27 heavy (non-hydrogen) atoms. The van der Waals surface area contributed by atoms with Crippen LogP contribution >= 0.6 is 24.0 Å². The number of para-hydroxylation sites is 1. The minimum atomic E-state index is -0.124. The summed E-state index contributed by atoms with van der Waals surface area (Å²) >= 11 is 6.75. The summed E-state index contributed by atoms with van der Waals surface area (Å²) in [5.74, 6) is 0.583. The Morgan fingerprint density at radius 2 is 1.89 bits per heavy atom. The van der Waals surface area contributed by atoms with Crippen molar-refractivity contribution in [1.29, 1.82) is 0 Å². The van der Waals surface area contributed by atoms with E-state index in [0.29, 0.717) is 21.6 Å². The lowest BCUT2D eigenvalue weighted by atomic mass is 10.2. The van der Waals surface area contributed by atoms with E-state index in [1.807, 2.05) is 73.6 Å². The van der Waals surface area contributed by atoms with Crippen molar-refractivity contribution in [2.75, 3.05) is 30.5 Å². The smallest absolute Gasteiger partial charge is 0.270 e. The van der Waals surface area contributed by atoms with Gasteiger partial charge in [0.25, 0.3) is 5.91 Å². The van der Waals surface area contributed by atoms with E-state index in [0.717, 1.165) is 16.9 Å². The maximum atomic E-state index is 12.9. The fraction of sp³-hybridized carbons (Fsp3) is 0.143. The number of nitrogens with zero attached hydrogens (tertiary/aromatic N) is 2. The van der Waals surface area contributed by atoms with Gasteiger partial charge in [0.2, 0.25) is 0 Å². The minimum Gasteiger partial charge on any atom is -0.489 e. The summed E-state index contributed by atoms with van der Waals surface area (Å²) in [5.41, 5.74) is 2.67. The Kier molecular flexibility index (Phi) is 5.98. The third-order valence-corrected chi connectivity index (χ3v) is 5.28. The Morgan fingerprint density at radius 3 is 2.56 bits per heavy atom. The lowest BCUT2D eigenvalue weighted by Gasteiger charge is -2.17. The van der Waals surface area contributed by atoms with Gasteiger partial charge < -0.3 is 9.64 Å². The van der Waals surface area contributed by atoms with E-state index < -0.39 is 0 Å². The van der Waals surface area contributed by atoms with Crippen molar-refractivity contribution in [1.82, 2.24) is 0 Å². The maximum absolute atomic E-state index is 12.9. The fourth-order valence-electron chi connectivity index (χ4n) is 2.61. The van der Waals surface area contributed by atoms with Crippen LogP contribution in [0.25, 0.3) is 6.08 Å². The molecular formula is C21H20N2O2S2. The van der Waals surface area contributed by atoms with Gasteiger partial charge in [-0.3, -0.25) is 9.69 Å². The van der Waals surface area contributed by atoms with E-state index in [2.05, 4.69) is 6.58 Å². The van der Waals surface area contributed by atoms with Gasteiger partial charge in [0, 0.05) is 25.3 Å². The predicted octanol–water partition coefficient (Wildman–Crippen LogP) is 4.72. The molecule has 3 rings (SSSR count). The van der Waals surface area contributed by atoms with Crippen molar-refractivity contribution in [3.8, 4) is 5.75 Å². The summed E-state index contributed by atoms with van der Waals surface area (Å²) in [5, 5.41) is 0. The molecule has 0 N–H and O–H groups in total. The number of benzene rings is 2. The summed E-state index contributed by atoms with van der Waals surface area (Å²) < 4.78 is 6.19. The van der Waals surface area contributed by atoms with Crippen LogP contribution in [0.1, 0.15) is 5.56 Å². The van der Waals surface area contributed by atoms with E-state index in [1.165, 1.54) is 11.8 Å². The Hall–Kier alpha value is -2.57. The Morgan fingerprint density at radius 1 is 1.19 bits per heavy atom. The standard InChI is InChI=1S/C21H20N2O2S2/c1-4-13-25-18-8-6-5-7-15(18)14-19-20(24)23(21(26)27-19)17-11-9-16(10-12-17)22(2)3/h4-12,14H,1,13H2,2-3H3/b19-14-. The molecule has 1 fully saturated rings. The van der Waals surface area contributed by atoms with Gasteiger partial charge in [0.15, 0.2) is 4.32 Å². The normalized spacial score (nSPS) is 15.3. The van der Waals surface area contributed by atoms with Gasteiger partial charge in [0.1, 0.15) is 12.4 Å². The lowest BCUT2D eigenvalue weighted by Crippen LogP contribution is -2.27. The van der Waals surface area contributed by atoms with Crippen molar-refractivity contribution in [2.24, 2.45) is 0 Å². The van der Waals surface area contributed by atoms with E-state index in [9.17, 15) is 4.79 Å². The average molecular weight is 397 g/mol. The van der Waals surface area contributed by atoms with Gasteiger partial charge in [-0.25, -0.2) is 0 Å². The summed E-state index contributed by atoms with van der Waals surface area (Å²) in [6, 6.07) is 15.3. The number of thioether (sulfide) groups is 1. The van der Waals surface area contributed by atoms with Gasteiger partial charge in [0.05, 0.1) is 10.6 Å². The Balaban J connectivity index is 1.88. The van der Waals surface area contributed by atoms with Crippen LogP contribution < -0.4 is 14.5 Å². The van der Waals surface area contributed by atoms with E-state index >= 15 is 0 Å². The molecule has 0 saturated carbocycles. The molecule has 1 amide bonds. The van der Waals surface area contributed by atoms with Crippen LogP contribution in [0.3, 0.4) is 0 Å². The second kappa shape index (κ2) is 8.41. The highest BCUT2D eigenvalue weighted by atomic mass is 32.2. The maximum Gasteiger partial charge on any atom is 0.270 e. The number of thiocarbonyl (C=S) groups is 1. The quantitative estimate of drug-likeness (QED) is 0.401. The molecule has 138 valence electrons. The van der Waals surface area contributed by atoms with Crippen molar-refractivity contribution in [3.63, 3.8) is 0 Å². The molecule has 0 aromatic heterocycles. The number of amides is 1. The number of anilines is 2. The molecule has 6 heteroatoms. The number of hydrogen-bond acceptors (Lipinski definition) is 5. The number of carbonyl (C=O) groups is 1. The highest BCUT2D eigenvalue weighted by molar-refractivity contribution is 8.27. The molecule has 1 heterocycles. The zero-order valence-electron chi connectivity index (χ0n) is 15.2. The molecule has 4 nitrogen and oxygen atoms in total. The summed E-state index contributed by atoms with van der Waals surface area (Å²) in [4.78, 5) is 17.1. The van der Waals surface area contributed by atoms with Crippen molar-refractivity contribution in [2.45, 2.75) is 0 Å². The van der Waals surface area contributed by atoms with Gasteiger partial charge in [-0.2, -0.15) is 0 Å². The van der Waals surface area contributed by atoms with Gasteiger partial charge in [-0.05, 0) is 36.4 Å². The molecular weight excluding hydrogens is 376 g/mol. The summed E-state index contributed by atoms with van der Waals surface area (Å²) in [6.07, 6.45) is 3.51. The summed E-state index contributed by atoms with van der Waals surface area (Å²) in [6.45, 7) is 4.07.